The molecule has 2 aliphatic heterocycles. The second-order valence-electron chi connectivity index (χ2n) is 8.38. The van der Waals surface area contributed by atoms with Crippen molar-refractivity contribution in [3.05, 3.63) is 77.9 Å². The fraction of sp³-hybridized carbons (Fsp3) is 0.259. The summed E-state index contributed by atoms with van der Waals surface area (Å²) in [4.78, 5) is 34.9. The molecule has 0 spiro atoms. The summed E-state index contributed by atoms with van der Waals surface area (Å²) in [6.45, 7) is 1.87. The van der Waals surface area contributed by atoms with Crippen molar-refractivity contribution >= 4 is 23.2 Å². The Morgan fingerprint density at radius 2 is 1.46 bits per heavy atom. The van der Waals surface area contributed by atoms with Crippen molar-refractivity contribution in [2.24, 2.45) is 5.92 Å². The molecule has 35 heavy (non-hydrogen) atoms. The number of hydrogen-bond donors (Lipinski definition) is 0. The Morgan fingerprint density at radius 1 is 0.771 bits per heavy atom. The molecule has 8 nitrogen and oxygen atoms in total. The van der Waals surface area contributed by atoms with Crippen molar-refractivity contribution in [2.75, 3.05) is 31.3 Å². The maximum Gasteiger partial charge on any atom is 0.266 e. The van der Waals surface area contributed by atoms with E-state index in [-0.39, 0.29) is 5.91 Å². The zero-order valence-corrected chi connectivity index (χ0v) is 19.9. The number of hydrogen-bond acceptors (Lipinski definition) is 7. The van der Waals surface area contributed by atoms with Crippen LogP contribution in [-0.2, 0) is 14.4 Å². The van der Waals surface area contributed by atoms with Crippen LogP contribution in [0.4, 0.5) is 11.4 Å². The summed E-state index contributed by atoms with van der Waals surface area (Å²) in [5.41, 5.74) is 2.75. The first-order valence-corrected chi connectivity index (χ1v) is 11.2. The van der Waals surface area contributed by atoms with Crippen LogP contribution in [0.5, 0.6) is 17.2 Å². The highest BCUT2D eigenvalue weighted by molar-refractivity contribution is 6.24. The van der Waals surface area contributed by atoms with Crippen molar-refractivity contribution in [3.8, 4) is 17.2 Å². The van der Waals surface area contributed by atoms with Crippen LogP contribution < -0.4 is 24.2 Å². The Hall–Kier alpha value is -4.04. The highest BCUT2D eigenvalue weighted by atomic mass is 16.7. The van der Waals surface area contributed by atoms with Crippen LogP contribution in [0.2, 0.25) is 0 Å². The zero-order valence-electron chi connectivity index (χ0n) is 19.9. The Bertz CT molecular complexity index is 1280. The number of imide groups is 1. The van der Waals surface area contributed by atoms with E-state index < -0.39 is 24.0 Å². The lowest BCUT2D eigenvalue weighted by Gasteiger charge is -2.30. The summed E-state index contributed by atoms with van der Waals surface area (Å²) in [5.74, 6) is -0.209. The number of ether oxygens (including phenoxy) is 3. The van der Waals surface area contributed by atoms with Gasteiger partial charge in [0, 0.05) is 5.56 Å². The molecule has 3 aromatic carbocycles. The van der Waals surface area contributed by atoms with Crippen molar-refractivity contribution in [3.63, 3.8) is 0 Å². The van der Waals surface area contributed by atoms with Gasteiger partial charge in [-0.15, -0.1) is 0 Å². The van der Waals surface area contributed by atoms with Gasteiger partial charge in [0.15, 0.2) is 17.6 Å². The summed E-state index contributed by atoms with van der Waals surface area (Å²) >= 11 is 0. The third-order valence-corrected chi connectivity index (χ3v) is 6.54. The molecule has 0 bridgehead atoms. The number of hydroxylamine groups is 1. The van der Waals surface area contributed by atoms with Crippen molar-refractivity contribution < 1.29 is 28.6 Å². The highest BCUT2D eigenvalue weighted by Crippen LogP contribution is 2.52. The van der Waals surface area contributed by atoms with Gasteiger partial charge in [-0.3, -0.25) is 14.4 Å². The zero-order chi connectivity index (χ0) is 24.7. The van der Waals surface area contributed by atoms with E-state index >= 15 is 0 Å². The smallest absolute Gasteiger partial charge is 0.266 e. The third-order valence-electron chi connectivity index (χ3n) is 6.54. The van der Waals surface area contributed by atoms with Gasteiger partial charge in [-0.2, -0.15) is 0 Å². The number of carbonyl (C=O) groups is 2. The van der Waals surface area contributed by atoms with Gasteiger partial charge < -0.3 is 14.2 Å². The second-order valence-corrected chi connectivity index (χ2v) is 8.38. The first-order valence-electron chi connectivity index (χ1n) is 11.2. The molecule has 2 saturated heterocycles. The van der Waals surface area contributed by atoms with Crippen LogP contribution in [0.1, 0.15) is 17.2 Å². The highest BCUT2D eigenvalue weighted by Gasteiger charge is 2.61. The first kappa shape index (κ1) is 22.7. The van der Waals surface area contributed by atoms with Gasteiger partial charge in [-0.05, 0) is 42.8 Å². The molecule has 8 heteroatoms. The molecular formula is C27H26N2O6. The lowest BCUT2D eigenvalue weighted by Crippen LogP contribution is -2.37. The number of nitrogens with zero attached hydrogens (tertiary/aromatic N) is 2. The van der Waals surface area contributed by atoms with E-state index in [1.54, 1.807) is 24.3 Å². The second kappa shape index (κ2) is 8.96. The monoisotopic (exact) mass is 474 g/mol. The van der Waals surface area contributed by atoms with Crippen LogP contribution in [0.15, 0.2) is 66.7 Å². The normalized spacial score (nSPS) is 21.3. The van der Waals surface area contributed by atoms with Crippen LogP contribution in [0.25, 0.3) is 0 Å². The molecule has 2 heterocycles. The molecule has 2 amide bonds. The lowest BCUT2D eigenvalue weighted by atomic mass is 9.89. The summed E-state index contributed by atoms with van der Waals surface area (Å²) in [7, 11) is 4.60. The average Bonchev–Trinajstić information content (AvgIpc) is 3.39. The number of aryl methyl sites for hydroxylation is 1. The SMILES string of the molecule is COc1ccc(C2C3C(=O)N(c4ccccc4C)C(=O)C3ON2c2ccccc2)c(OC)c1OC. The van der Waals surface area contributed by atoms with E-state index in [0.29, 0.717) is 34.2 Å². The van der Waals surface area contributed by atoms with E-state index in [9.17, 15) is 9.59 Å². The van der Waals surface area contributed by atoms with Gasteiger partial charge in [0.2, 0.25) is 11.7 Å². The van der Waals surface area contributed by atoms with Gasteiger partial charge in [0.25, 0.3) is 5.91 Å². The first-order chi connectivity index (χ1) is 17.0. The van der Waals surface area contributed by atoms with E-state index in [1.807, 2.05) is 61.5 Å². The largest absolute Gasteiger partial charge is 0.493 e. The van der Waals surface area contributed by atoms with Crippen LogP contribution in [0, 0.1) is 12.8 Å². The maximum atomic E-state index is 13.9. The molecule has 0 saturated carbocycles. The van der Waals surface area contributed by atoms with Gasteiger partial charge in [0.1, 0.15) is 12.0 Å². The third kappa shape index (κ3) is 3.49. The number of benzene rings is 3. The van der Waals surface area contributed by atoms with E-state index in [0.717, 1.165) is 5.56 Å². The summed E-state index contributed by atoms with van der Waals surface area (Å²) in [6.07, 6.45) is -0.981. The van der Waals surface area contributed by atoms with Crippen LogP contribution in [0.3, 0.4) is 0 Å². The van der Waals surface area contributed by atoms with Crippen LogP contribution in [-0.4, -0.2) is 39.2 Å². The number of para-hydroxylation sites is 2. The number of anilines is 2. The molecule has 3 unspecified atom stereocenters. The number of carbonyl (C=O) groups excluding carboxylic acids is 2. The van der Waals surface area contributed by atoms with Gasteiger partial charge in [0.05, 0.1) is 32.7 Å². The van der Waals surface area contributed by atoms with E-state index in [1.165, 1.54) is 19.1 Å². The molecule has 2 fully saturated rings. The van der Waals surface area contributed by atoms with Gasteiger partial charge in [-0.25, -0.2) is 9.96 Å². The fourth-order valence-corrected chi connectivity index (χ4v) is 4.94. The molecule has 0 radical (unpaired) electrons. The maximum absolute atomic E-state index is 13.9. The number of rotatable bonds is 6. The molecule has 0 aliphatic carbocycles. The summed E-state index contributed by atoms with van der Waals surface area (Å²) in [6, 6.07) is 19.6. The van der Waals surface area contributed by atoms with Gasteiger partial charge >= 0.3 is 0 Å². The Labute approximate surface area is 203 Å². The topological polar surface area (TPSA) is 77.5 Å². The number of fused-ring (bicyclic) bond motifs is 1. The van der Waals surface area contributed by atoms with Crippen molar-refractivity contribution in [1.82, 2.24) is 0 Å². The quantitative estimate of drug-likeness (QED) is 0.499. The predicted molar refractivity (Wildman–Crippen MR) is 130 cm³/mol. The van der Waals surface area contributed by atoms with Crippen LogP contribution >= 0.6 is 0 Å². The van der Waals surface area contributed by atoms with Gasteiger partial charge in [-0.1, -0.05) is 36.4 Å². The van der Waals surface area contributed by atoms with Crippen molar-refractivity contribution in [2.45, 2.75) is 19.1 Å². The Balaban J connectivity index is 1.67. The standard InChI is InChI=1S/C27H26N2O6/c1-16-10-8-9-13-19(16)28-26(30)21-22(18-14-15-20(32-2)24(34-4)23(18)33-3)29(35-25(21)27(28)31)17-11-6-5-7-12-17/h5-15,21-22,25H,1-4H3. The molecule has 2 aliphatic rings. The fourth-order valence-electron chi connectivity index (χ4n) is 4.94. The molecule has 180 valence electrons. The molecule has 5 rings (SSSR count). The Morgan fingerprint density at radius 3 is 2.11 bits per heavy atom. The molecule has 3 atom stereocenters. The minimum absolute atomic E-state index is 0.324. The minimum atomic E-state index is -0.981. The predicted octanol–water partition coefficient (Wildman–Crippen LogP) is 4.07. The molecule has 3 aromatic rings. The molecule has 0 N–H and O–H groups in total. The van der Waals surface area contributed by atoms with Crippen molar-refractivity contribution in [1.29, 1.82) is 0 Å². The summed E-state index contributed by atoms with van der Waals surface area (Å²) in [5, 5.41) is 1.63. The number of amides is 2. The lowest BCUT2D eigenvalue weighted by molar-refractivity contribution is -0.126. The minimum Gasteiger partial charge on any atom is -0.493 e. The molecule has 0 aromatic heterocycles. The molecular weight excluding hydrogens is 448 g/mol. The van der Waals surface area contributed by atoms with E-state index in [2.05, 4.69) is 0 Å². The number of methoxy groups -OCH3 is 3. The summed E-state index contributed by atoms with van der Waals surface area (Å²) < 4.78 is 16.8. The Kier molecular flexibility index (Phi) is 5.82. The van der Waals surface area contributed by atoms with E-state index in [4.69, 9.17) is 19.0 Å². The average molecular weight is 475 g/mol.